The highest BCUT2D eigenvalue weighted by molar-refractivity contribution is 5.98. The maximum atomic E-state index is 13.4. The molecule has 0 atom stereocenters. The van der Waals surface area contributed by atoms with Crippen LogP contribution in [0.2, 0.25) is 0 Å². The second-order valence-electron chi connectivity index (χ2n) is 4.56. The molecule has 0 bridgehead atoms. The van der Waals surface area contributed by atoms with Gasteiger partial charge in [-0.05, 0) is 23.6 Å². The summed E-state index contributed by atoms with van der Waals surface area (Å²) in [7, 11) is 0. The lowest BCUT2D eigenvalue weighted by atomic mass is 10.1. The Hall–Kier alpha value is -3.10. The Morgan fingerprint density at radius 2 is 1.74 bits per heavy atom. The average molecular weight is 324 g/mol. The molecule has 2 aromatic heterocycles. The Morgan fingerprint density at radius 1 is 1.04 bits per heavy atom. The number of benzene rings is 1. The molecule has 1 aromatic carbocycles. The molecule has 118 valence electrons. The van der Waals surface area contributed by atoms with E-state index in [9.17, 15) is 22.4 Å². The lowest BCUT2D eigenvalue weighted by molar-refractivity contribution is 0.0962. The first kappa shape index (κ1) is 14.8. The summed E-state index contributed by atoms with van der Waals surface area (Å²) in [6, 6.07) is 6.44. The third-order valence-electron chi connectivity index (χ3n) is 3.12. The Balaban J connectivity index is 1.81. The van der Waals surface area contributed by atoms with Gasteiger partial charge in [0.2, 0.25) is 11.6 Å². The highest BCUT2D eigenvalue weighted by Crippen LogP contribution is 2.21. The average Bonchev–Trinajstić information content (AvgIpc) is 3.00. The largest absolute Gasteiger partial charge is 0.361 e. The fourth-order valence-electron chi connectivity index (χ4n) is 1.98. The van der Waals surface area contributed by atoms with Crippen LogP contribution < -0.4 is 10.9 Å². The molecule has 0 radical (unpaired) electrons. The van der Waals surface area contributed by atoms with Crippen molar-refractivity contribution in [3.8, 4) is 0 Å². The molecule has 0 saturated heterocycles. The van der Waals surface area contributed by atoms with E-state index >= 15 is 0 Å². The van der Waals surface area contributed by atoms with Crippen molar-refractivity contribution >= 4 is 22.5 Å². The van der Waals surface area contributed by atoms with Crippen LogP contribution in [0.25, 0.3) is 10.9 Å². The molecule has 9 heteroatoms. The van der Waals surface area contributed by atoms with Gasteiger partial charge >= 0.3 is 0 Å². The quantitative estimate of drug-likeness (QED) is 0.394. The molecule has 0 unspecified atom stereocenters. The van der Waals surface area contributed by atoms with Gasteiger partial charge in [0.25, 0.3) is 17.8 Å². The van der Waals surface area contributed by atoms with Crippen molar-refractivity contribution in [3.05, 3.63) is 59.6 Å². The van der Waals surface area contributed by atoms with E-state index in [4.69, 9.17) is 0 Å². The fraction of sp³-hybridized carbons (Fsp3) is 0. The third-order valence-corrected chi connectivity index (χ3v) is 3.12. The first-order valence-electron chi connectivity index (χ1n) is 6.31. The summed E-state index contributed by atoms with van der Waals surface area (Å²) in [5.74, 6) is -7.90. The molecule has 5 nitrogen and oxygen atoms in total. The van der Waals surface area contributed by atoms with Crippen molar-refractivity contribution < 1.29 is 22.4 Å². The van der Waals surface area contributed by atoms with Crippen LogP contribution in [0, 0.1) is 23.5 Å². The normalized spacial score (nSPS) is 10.8. The van der Waals surface area contributed by atoms with Gasteiger partial charge in [0.05, 0.1) is 0 Å². The van der Waals surface area contributed by atoms with E-state index in [1.54, 1.807) is 18.3 Å². The van der Waals surface area contributed by atoms with Crippen LogP contribution in [-0.4, -0.2) is 15.9 Å². The Labute approximate surface area is 126 Å². The molecule has 0 saturated carbocycles. The van der Waals surface area contributed by atoms with Crippen LogP contribution in [0.5, 0.6) is 0 Å². The topological polar surface area (TPSA) is 69.8 Å². The summed E-state index contributed by atoms with van der Waals surface area (Å²) in [5.41, 5.74) is 3.46. The molecule has 3 rings (SSSR count). The number of H-pyrrole nitrogens is 1. The van der Waals surface area contributed by atoms with Crippen LogP contribution in [0.3, 0.4) is 0 Å². The number of fused-ring (bicyclic) bond motifs is 1. The number of carbonyl (C=O) groups excluding carboxylic acids is 1. The Kier molecular flexibility index (Phi) is 3.61. The predicted octanol–water partition coefficient (Wildman–Crippen LogP) is 2.88. The summed E-state index contributed by atoms with van der Waals surface area (Å²) in [6.07, 6.45) is 1.68. The van der Waals surface area contributed by atoms with Crippen molar-refractivity contribution in [1.29, 1.82) is 0 Å². The highest BCUT2D eigenvalue weighted by Gasteiger charge is 2.21. The zero-order valence-electron chi connectivity index (χ0n) is 11.3. The predicted molar refractivity (Wildman–Crippen MR) is 73.5 cm³/mol. The van der Waals surface area contributed by atoms with Crippen molar-refractivity contribution in [2.24, 2.45) is 0 Å². The first-order chi connectivity index (χ1) is 11.0. The first-order valence-corrected chi connectivity index (χ1v) is 6.31. The molecule has 3 aromatic rings. The summed E-state index contributed by atoms with van der Waals surface area (Å²) >= 11 is 0. The number of anilines is 1. The van der Waals surface area contributed by atoms with Gasteiger partial charge in [-0.2, -0.15) is 22.5 Å². The molecule has 0 aliphatic carbocycles. The third kappa shape index (κ3) is 2.68. The number of amides is 1. The number of hydrogen-bond donors (Lipinski definition) is 3. The number of hydrazine groups is 1. The number of pyridine rings is 1. The number of hydrogen-bond acceptors (Lipinski definition) is 3. The van der Waals surface area contributed by atoms with Crippen LogP contribution in [0.15, 0.2) is 30.5 Å². The van der Waals surface area contributed by atoms with E-state index < -0.39 is 35.1 Å². The molecule has 0 fully saturated rings. The molecule has 0 aliphatic heterocycles. The summed E-state index contributed by atoms with van der Waals surface area (Å²) in [6.45, 7) is 0. The highest BCUT2D eigenvalue weighted by atomic mass is 19.2. The van der Waals surface area contributed by atoms with Gasteiger partial charge in [0, 0.05) is 17.3 Å². The molecular formula is C14H8F4N4O. The lowest BCUT2D eigenvalue weighted by Gasteiger charge is -2.10. The van der Waals surface area contributed by atoms with E-state index in [-0.39, 0.29) is 5.56 Å². The number of halogens is 4. The van der Waals surface area contributed by atoms with E-state index in [2.05, 4.69) is 9.97 Å². The minimum Gasteiger partial charge on any atom is -0.361 e. The van der Waals surface area contributed by atoms with E-state index in [1.165, 1.54) is 12.1 Å². The van der Waals surface area contributed by atoms with Crippen LogP contribution in [-0.2, 0) is 0 Å². The van der Waals surface area contributed by atoms with Gasteiger partial charge in [-0.1, -0.05) is 6.07 Å². The molecule has 0 aliphatic rings. The van der Waals surface area contributed by atoms with Gasteiger partial charge in [0.15, 0.2) is 0 Å². The minimum atomic E-state index is -1.83. The van der Waals surface area contributed by atoms with E-state index in [0.717, 1.165) is 5.39 Å². The van der Waals surface area contributed by atoms with Crippen molar-refractivity contribution in [3.63, 3.8) is 0 Å². The number of rotatable bonds is 3. The minimum absolute atomic E-state index is 0.170. The van der Waals surface area contributed by atoms with Crippen molar-refractivity contribution in [2.45, 2.75) is 0 Å². The number of nitrogens with one attached hydrogen (secondary N) is 3. The SMILES string of the molecule is O=C(NNc1c(F)c(F)nc(F)c1F)c1ccc2cc[nH]c2c1. The molecule has 1 amide bonds. The molecule has 0 spiro atoms. The van der Waals surface area contributed by atoms with Gasteiger partial charge < -0.3 is 4.98 Å². The van der Waals surface area contributed by atoms with Crippen LogP contribution >= 0.6 is 0 Å². The number of aromatic amines is 1. The zero-order chi connectivity index (χ0) is 16.6. The monoisotopic (exact) mass is 324 g/mol. The van der Waals surface area contributed by atoms with E-state index in [1.807, 2.05) is 10.9 Å². The second-order valence-corrected chi connectivity index (χ2v) is 4.56. The van der Waals surface area contributed by atoms with Gasteiger partial charge in [-0.3, -0.25) is 15.6 Å². The zero-order valence-corrected chi connectivity index (χ0v) is 11.3. The summed E-state index contributed by atoms with van der Waals surface area (Å²) in [4.78, 5) is 17.2. The van der Waals surface area contributed by atoms with Crippen molar-refractivity contribution in [2.75, 3.05) is 5.43 Å². The van der Waals surface area contributed by atoms with Gasteiger partial charge in [-0.25, -0.2) is 0 Å². The molecule has 3 N–H and O–H groups in total. The van der Waals surface area contributed by atoms with Gasteiger partial charge in [0.1, 0.15) is 5.69 Å². The number of carbonyl (C=O) groups is 1. The molecule has 2 heterocycles. The van der Waals surface area contributed by atoms with E-state index in [0.29, 0.717) is 5.52 Å². The Bertz CT molecular complexity index is 883. The standard InChI is InChI=1S/C14H8F4N4O/c15-9-11(10(16)13(18)20-12(9)17)21-22-14(23)7-2-1-6-3-4-19-8(6)5-7/h1-5,19H,(H,20,21)(H,22,23). The summed E-state index contributed by atoms with van der Waals surface area (Å²) in [5, 5.41) is 0.866. The fourth-order valence-corrected chi connectivity index (χ4v) is 1.98. The maximum Gasteiger partial charge on any atom is 0.269 e. The van der Waals surface area contributed by atoms with Gasteiger partial charge in [-0.15, -0.1) is 0 Å². The maximum absolute atomic E-state index is 13.4. The number of nitrogens with zero attached hydrogens (tertiary/aromatic N) is 1. The lowest BCUT2D eigenvalue weighted by Crippen LogP contribution is -2.31. The van der Waals surface area contributed by atoms with Crippen molar-refractivity contribution in [1.82, 2.24) is 15.4 Å². The van der Waals surface area contributed by atoms with Crippen LogP contribution in [0.1, 0.15) is 10.4 Å². The number of aromatic nitrogens is 2. The smallest absolute Gasteiger partial charge is 0.269 e. The molecule has 23 heavy (non-hydrogen) atoms. The second kappa shape index (κ2) is 5.59. The van der Waals surface area contributed by atoms with Crippen LogP contribution in [0.4, 0.5) is 23.2 Å². The molecular weight excluding hydrogens is 316 g/mol. The summed E-state index contributed by atoms with van der Waals surface area (Å²) < 4.78 is 52.7. The Morgan fingerprint density at radius 3 is 2.43 bits per heavy atom.